The molecule has 2 amide bonds. The topological polar surface area (TPSA) is 239 Å². The molecule has 0 aromatic heterocycles. The number of unbranched alkanes of at least 4 members (excludes halogenated alkanes) is 20. The Balaban J connectivity index is 1.41. The van der Waals surface area contributed by atoms with Gasteiger partial charge in [-0.1, -0.05) is 103 Å². The Labute approximate surface area is 390 Å². The number of aliphatic imine (C=N–C) groups is 4. The molecule has 0 bridgehead atoms. The van der Waals surface area contributed by atoms with Crippen LogP contribution in [0.15, 0.2) is 20.0 Å². The number of amides is 2. The van der Waals surface area contributed by atoms with Crippen LogP contribution in [0.3, 0.4) is 0 Å². The summed E-state index contributed by atoms with van der Waals surface area (Å²) in [4.78, 5) is 36.3. The maximum Gasteiger partial charge on any atom is 0.319 e. The van der Waals surface area contributed by atoms with Crippen molar-refractivity contribution in [3.8, 4) is 0 Å². The van der Waals surface area contributed by atoms with Crippen LogP contribution in [0.5, 0.6) is 0 Å². The maximum absolute atomic E-state index is 14.4. The minimum absolute atomic E-state index is 0.173. The largest absolute Gasteiger partial charge is 0.370 e. The molecule has 3 saturated carbocycles. The third kappa shape index (κ3) is 32.9. The molecule has 370 valence electrons. The number of hydrogen-bond donors (Lipinski definition) is 8. The molecule has 0 atom stereocenters. The van der Waals surface area contributed by atoms with Gasteiger partial charge in [-0.3, -0.25) is 20.0 Å². The Kier molecular flexibility index (Phi) is 31.2. The molecule has 0 aromatic rings. The van der Waals surface area contributed by atoms with E-state index in [1.54, 1.807) is 0 Å². The SMILES string of the molecule is NC(N)=NCCCCCCCCN(CCCCCCCCNC(N)=NCC1CC1)C(=O)N(CCCCCCCCNC(N)=NCC1CC1)CCCCCCCCNC(N)=NCC1CC1. The predicted molar refractivity (Wildman–Crippen MR) is 272 cm³/mol. The fourth-order valence-electron chi connectivity index (χ4n) is 7.94. The molecule has 3 fully saturated rings. The van der Waals surface area contributed by atoms with Gasteiger partial charge in [0.1, 0.15) is 0 Å². The lowest BCUT2D eigenvalue weighted by Gasteiger charge is -2.31. The number of guanidine groups is 4. The second-order valence-electron chi connectivity index (χ2n) is 19.3. The molecule has 0 spiro atoms. The highest BCUT2D eigenvalue weighted by molar-refractivity contribution is 5.78. The van der Waals surface area contributed by atoms with E-state index in [1.807, 2.05) is 0 Å². The highest BCUT2D eigenvalue weighted by Crippen LogP contribution is 2.29. The summed E-state index contributed by atoms with van der Waals surface area (Å²) in [6.07, 6.45) is 35.2. The molecule has 0 saturated heterocycles. The summed E-state index contributed by atoms with van der Waals surface area (Å²) in [5, 5.41) is 9.85. The summed E-state index contributed by atoms with van der Waals surface area (Å²) in [5.74, 6) is 4.25. The van der Waals surface area contributed by atoms with Crippen molar-refractivity contribution in [2.75, 3.05) is 72.0 Å². The van der Waals surface area contributed by atoms with E-state index < -0.39 is 0 Å². The third-order valence-electron chi connectivity index (χ3n) is 12.8. The Morgan fingerprint density at radius 1 is 0.375 bits per heavy atom. The monoisotopic (exact) mass is 899 g/mol. The second kappa shape index (κ2) is 36.6. The van der Waals surface area contributed by atoms with Gasteiger partial charge in [0.15, 0.2) is 23.8 Å². The average Bonchev–Trinajstić information content (AvgIpc) is 4.12. The van der Waals surface area contributed by atoms with Crippen LogP contribution in [-0.4, -0.2) is 112 Å². The van der Waals surface area contributed by atoms with Crippen molar-refractivity contribution >= 4 is 29.9 Å². The van der Waals surface area contributed by atoms with Gasteiger partial charge in [-0.15, -0.1) is 0 Å². The molecule has 3 aliphatic rings. The standard InChI is InChI=1S/C49H98N14O/c50-45(51)55-31-17-9-1-5-13-21-35-62(36-22-14-6-2-10-18-32-56-46(52)59-39-42-25-26-42)49(64)63(37-23-15-7-3-11-19-33-57-47(53)60-40-43-27-28-43)38-24-16-8-4-12-20-34-58-48(54)61-41-44-29-30-44/h42-44H,1-41H2,(H4,50,51,55)(H3,52,56,59)(H3,53,57,60)(H3,54,58,61). The summed E-state index contributed by atoms with van der Waals surface area (Å²) in [5.41, 5.74) is 29.1. The van der Waals surface area contributed by atoms with Gasteiger partial charge in [-0.05, 0) is 108 Å². The van der Waals surface area contributed by atoms with Crippen LogP contribution in [0.2, 0.25) is 0 Å². The van der Waals surface area contributed by atoms with Crippen LogP contribution in [-0.2, 0) is 0 Å². The quantitative estimate of drug-likeness (QED) is 0.0174. The lowest BCUT2D eigenvalue weighted by Crippen LogP contribution is -2.45. The van der Waals surface area contributed by atoms with Crippen molar-refractivity contribution in [2.24, 2.45) is 66.4 Å². The molecule has 15 nitrogen and oxygen atoms in total. The Bertz CT molecular complexity index is 1240. The summed E-state index contributed by atoms with van der Waals surface area (Å²) < 4.78 is 0. The number of nitrogens with zero attached hydrogens (tertiary/aromatic N) is 6. The molecular formula is C49H98N14O. The first-order valence-corrected chi connectivity index (χ1v) is 26.5. The first-order chi connectivity index (χ1) is 31.3. The number of nitrogens with two attached hydrogens (primary N) is 5. The van der Waals surface area contributed by atoms with Crippen molar-refractivity contribution in [3.05, 3.63) is 0 Å². The normalized spacial score (nSPS) is 15.6. The highest BCUT2D eigenvalue weighted by Gasteiger charge is 2.22. The zero-order chi connectivity index (χ0) is 45.7. The van der Waals surface area contributed by atoms with Crippen molar-refractivity contribution in [3.63, 3.8) is 0 Å². The minimum atomic E-state index is 0.173. The van der Waals surface area contributed by atoms with Gasteiger partial charge in [0, 0.05) is 72.0 Å². The lowest BCUT2D eigenvalue weighted by atomic mass is 10.1. The van der Waals surface area contributed by atoms with Gasteiger partial charge in [0.05, 0.1) is 0 Å². The van der Waals surface area contributed by atoms with E-state index in [1.165, 1.54) is 109 Å². The van der Waals surface area contributed by atoms with Crippen LogP contribution >= 0.6 is 0 Å². The molecule has 0 heterocycles. The Morgan fingerprint density at radius 3 is 0.922 bits per heavy atom. The lowest BCUT2D eigenvalue weighted by molar-refractivity contribution is 0.148. The van der Waals surface area contributed by atoms with Crippen molar-refractivity contribution in [1.29, 1.82) is 0 Å². The van der Waals surface area contributed by atoms with Gasteiger partial charge in [0.2, 0.25) is 0 Å². The van der Waals surface area contributed by atoms with Crippen molar-refractivity contribution in [2.45, 2.75) is 193 Å². The minimum Gasteiger partial charge on any atom is -0.370 e. The van der Waals surface area contributed by atoms with Crippen LogP contribution in [0, 0.1) is 17.8 Å². The molecule has 3 aliphatic carbocycles. The Morgan fingerprint density at radius 2 is 0.641 bits per heavy atom. The number of hydrogen-bond acceptors (Lipinski definition) is 5. The molecular weight excluding hydrogens is 801 g/mol. The van der Waals surface area contributed by atoms with Crippen molar-refractivity contribution in [1.82, 2.24) is 25.8 Å². The van der Waals surface area contributed by atoms with Gasteiger partial charge in [-0.2, -0.15) is 0 Å². The number of nitrogens with one attached hydrogen (secondary N) is 3. The summed E-state index contributed by atoms with van der Waals surface area (Å²) >= 11 is 0. The second-order valence-corrected chi connectivity index (χ2v) is 19.3. The van der Waals surface area contributed by atoms with Gasteiger partial charge >= 0.3 is 6.03 Å². The molecule has 0 radical (unpaired) electrons. The molecule has 13 N–H and O–H groups in total. The van der Waals surface area contributed by atoms with Crippen LogP contribution in [0.1, 0.15) is 193 Å². The number of carbonyl (C=O) groups excluding carboxylic acids is 1. The molecule has 64 heavy (non-hydrogen) atoms. The fraction of sp³-hybridized carbons (Fsp3) is 0.898. The highest BCUT2D eigenvalue weighted by atomic mass is 16.2. The summed E-state index contributed by atoms with van der Waals surface area (Å²) in [7, 11) is 0. The molecule has 15 heteroatoms. The van der Waals surface area contributed by atoms with E-state index in [2.05, 4.69) is 45.7 Å². The van der Waals surface area contributed by atoms with E-state index in [9.17, 15) is 4.79 Å². The van der Waals surface area contributed by atoms with Crippen molar-refractivity contribution < 1.29 is 4.79 Å². The van der Waals surface area contributed by atoms with Gasteiger partial charge in [0.25, 0.3) is 0 Å². The van der Waals surface area contributed by atoms with Crippen LogP contribution in [0.4, 0.5) is 4.79 Å². The van der Waals surface area contributed by atoms with Crippen LogP contribution < -0.4 is 44.6 Å². The summed E-state index contributed by atoms with van der Waals surface area (Å²) in [6.45, 7) is 9.36. The van der Waals surface area contributed by atoms with E-state index in [0.29, 0.717) is 24.4 Å². The maximum atomic E-state index is 14.4. The predicted octanol–water partition coefficient (Wildman–Crippen LogP) is 7.29. The molecule has 0 aromatic carbocycles. The fourth-order valence-corrected chi connectivity index (χ4v) is 7.94. The number of carbonyl (C=O) groups is 1. The van der Waals surface area contributed by atoms with E-state index in [4.69, 9.17) is 28.7 Å². The summed E-state index contributed by atoms with van der Waals surface area (Å²) in [6, 6.07) is 0.253. The van der Waals surface area contributed by atoms with E-state index >= 15 is 0 Å². The molecule has 0 aliphatic heterocycles. The van der Waals surface area contributed by atoms with Gasteiger partial charge in [-0.25, -0.2) is 4.79 Å². The first kappa shape index (κ1) is 54.7. The smallest absolute Gasteiger partial charge is 0.319 e. The van der Waals surface area contributed by atoms with Gasteiger partial charge < -0.3 is 54.4 Å². The molecule has 3 rings (SSSR count). The zero-order valence-electron chi connectivity index (χ0n) is 40.7. The Hall–Kier alpha value is -3.65. The number of rotatable bonds is 42. The zero-order valence-corrected chi connectivity index (χ0v) is 40.7. The number of urea groups is 1. The first-order valence-electron chi connectivity index (χ1n) is 26.5. The average molecular weight is 899 g/mol. The molecule has 0 unspecified atom stereocenters. The van der Waals surface area contributed by atoms with Crippen LogP contribution in [0.25, 0.3) is 0 Å². The van der Waals surface area contributed by atoms with E-state index in [0.717, 1.165) is 167 Å². The third-order valence-corrected chi connectivity index (χ3v) is 12.8. The van der Waals surface area contributed by atoms with E-state index in [-0.39, 0.29) is 12.0 Å².